The summed E-state index contributed by atoms with van der Waals surface area (Å²) in [5, 5.41) is 12.1. The monoisotopic (exact) mass is 486 g/mol. The number of piperidine rings is 1. The fraction of sp³-hybridized carbons (Fsp3) is 0.462. The van der Waals surface area contributed by atoms with Gasteiger partial charge in [0.05, 0.1) is 23.8 Å². The molecular weight excluding hydrogens is 457 g/mol. The van der Waals surface area contributed by atoms with Gasteiger partial charge in [-0.2, -0.15) is 18.4 Å². The Kier molecular flexibility index (Phi) is 6.95. The van der Waals surface area contributed by atoms with E-state index in [1.165, 1.54) is 6.07 Å². The number of hydrogen-bond donors (Lipinski definition) is 1. The van der Waals surface area contributed by atoms with E-state index in [1.54, 1.807) is 19.2 Å². The van der Waals surface area contributed by atoms with E-state index in [-0.39, 0.29) is 22.9 Å². The topological polar surface area (TPSA) is 68.6 Å². The molecule has 4 rings (SSSR count). The number of benzene rings is 2. The summed E-state index contributed by atoms with van der Waals surface area (Å²) >= 11 is 0. The second-order valence-electron chi connectivity index (χ2n) is 9.47. The molecule has 0 aromatic heterocycles. The van der Waals surface area contributed by atoms with Gasteiger partial charge in [0.15, 0.2) is 0 Å². The molecule has 2 aromatic rings. The molecule has 9 heteroatoms. The fourth-order valence-corrected chi connectivity index (χ4v) is 5.36. The highest BCUT2D eigenvalue weighted by Crippen LogP contribution is 2.46. The molecule has 0 aliphatic carbocycles. The maximum absolute atomic E-state index is 13.4. The molecule has 0 bridgehead atoms. The Labute approximate surface area is 203 Å². The standard InChI is InChI=1S/C26H29F3N4O2/c1-18-5-3-4-6-23(18)31-24(34)33-15-20(16-35-2)25(17-33)9-11-32(12-10-25)21-8-7-19(14-30)22(13-21)26(27,28)29/h3-8,13,20H,9-12,15-17H2,1-2H3,(H,31,34). The highest BCUT2D eigenvalue weighted by atomic mass is 19.4. The van der Waals surface area contributed by atoms with Crippen molar-refractivity contribution in [2.24, 2.45) is 11.3 Å². The van der Waals surface area contributed by atoms with Gasteiger partial charge in [-0.1, -0.05) is 18.2 Å². The van der Waals surface area contributed by atoms with Crippen LogP contribution in [-0.4, -0.2) is 50.8 Å². The number of para-hydroxylation sites is 1. The molecule has 2 fully saturated rings. The Hall–Kier alpha value is -3.25. The number of urea groups is 1. The average molecular weight is 487 g/mol. The number of hydrogen-bond acceptors (Lipinski definition) is 4. The van der Waals surface area contributed by atoms with Crippen LogP contribution in [0.4, 0.5) is 29.3 Å². The quantitative estimate of drug-likeness (QED) is 0.638. The number of methoxy groups -OCH3 is 1. The van der Waals surface area contributed by atoms with Gasteiger partial charge in [0.2, 0.25) is 0 Å². The number of ether oxygens (including phenoxy) is 1. The van der Waals surface area contributed by atoms with Gasteiger partial charge in [0.1, 0.15) is 0 Å². The minimum Gasteiger partial charge on any atom is -0.384 e. The van der Waals surface area contributed by atoms with Crippen molar-refractivity contribution in [3.63, 3.8) is 0 Å². The summed E-state index contributed by atoms with van der Waals surface area (Å²) in [6.07, 6.45) is -3.12. The molecule has 2 heterocycles. The lowest BCUT2D eigenvalue weighted by atomic mass is 9.71. The fourth-order valence-electron chi connectivity index (χ4n) is 5.36. The van der Waals surface area contributed by atoms with Crippen molar-refractivity contribution in [1.82, 2.24) is 4.90 Å². The third-order valence-corrected chi connectivity index (χ3v) is 7.41. The number of nitriles is 1. The molecule has 6 nitrogen and oxygen atoms in total. The Bertz CT molecular complexity index is 1120. The van der Waals surface area contributed by atoms with Gasteiger partial charge < -0.3 is 19.9 Å². The van der Waals surface area contributed by atoms with Crippen molar-refractivity contribution in [2.45, 2.75) is 25.9 Å². The Morgan fingerprint density at radius 3 is 2.57 bits per heavy atom. The summed E-state index contributed by atoms with van der Waals surface area (Å²) in [7, 11) is 1.65. The number of halogens is 3. The van der Waals surface area contributed by atoms with Crippen molar-refractivity contribution in [1.29, 1.82) is 5.26 Å². The molecule has 0 radical (unpaired) electrons. The van der Waals surface area contributed by atoms with E-state index in [9.17, 15) is 18.0 Å². The number of likely N-dealkylation sites (tertiary alicyclic amines) is 1. The summed E-state index contributed by atoms with van der Waals surface area (Å²) in [5.74, 6) is 0.143. The summed E-state index contributed by atoms with van der Waals surface area (Å²) in [6.45, 7) is 4.74. The van der Waals surface area contributed by atoms with Gasteiger partial charge in [0, 0.05) is 50.6 Å². The molecule has 1 N–H and O–H groups in total. The van der Waals surface area contributed by atoms with Crippen LogP contribution in [0.1, 0.15) is 29.5 Å². The largest absolute Gasteiger partial charge is 0.417 e. The maximum atomic E-state index is 13.4. The van der Waals surface area contributed by atoms with Gasteiger partial charge in [-0.3, -0.25) is 0 Å². The van der Waals surface area contributed by atoms with Crippen LogP contribution in [-0.2, 0) is 10.9 Å². The number of anilines is 2. The minimum absolute atomic E-state index is 0.143. The van der Waals surface area contributed by atoms with Gasteiger partial charge in [0.25, 0.3) is 0 Å². The third kappa shape index (κ3) is 5.08. The van der Waals surface area contributed by atoms with E-state index in [2.05, 4.69) is 5.32 Å². The van der Waals surface area contributed by atoms with Crippen LogP contribution in [0, 0.1) is 29.6 Å². The van der Waals surface area contributed by atoms with E-state index < -0.39 is 11.7 Å². The second kappa shape index (κ2) is 9.78. The van der Waals surface area contributed by atoms with Crippen LogP contribution >= 0.6 is 0 Å². The molecule has 35 heavy (non-hydrogen) atoms. The molecule has 2 amide bonds. The first-order valence-electron chi connectivity index (χ1n) is 11.6. The van der Waals surface area contributed by atoms with Crippen LogP contribution in [0.5, 0.6) is 0 Å². The zero-order chi connectivity index (χ0) is 25.2. The van der Waals surface area contributed by atoms with Crippen LogP contribution in [0.3, 0.4) is 0 Å². The first kappa shape index (κ1) is 24.9. The normalized spacial score (nSPS) is 19.6. The zero-order valence-corrected chi connectivity index (χ0v) is 19.9. The lowest BCUT2D eigenvalue weighted by Gasteiger charge is -2.43. The van der Waals surface area contributed by atoms with Gasteiger partial charge in [-0.15, -0.1) is 0 Å². The number of rotatable bonds is 4. The van der Waals surface area contributed by atoms with E-state index in [1.807, 2.05) is 41.0 Å². The SMILES string of the molecule is COCC1CN(C(=O)Nc2ccccc2C)CC12CCN(c1ccc(C#N)c(C(F)(F)F)c1)CC2. The molecule has 2 aliphatic heterocycles. The Morgan fingerprint density at radius 2 is 1.94 bits per heavy atom. The zero-order valence-electron chi connectivity index (χ0n) is 19.9. The number of alkyl halides is 3. The van der Waals surface area contributed by atoms with Crippen LogP contribution in [0.25, 0.3) is 0 Å². The number of nitrogens with zero attached hydrogens (tertiary/aromatic N) is 3. The van der Waals surface area contributed by atoms with E-state index in [4.69, 9.17) is 10.00 Å². The van der Waals surface area contributed by atoms with Crippen molar-refractivity contribution >= 4 is 17.4 Å². The van der Waals surface area contributed by atoms with Crippen LogP contribution in [0.15, 0.2) is 42.5 Å². The lowest BCUT2D eigenvalue weighted by Crippen LogP contribution is -2.45. The van der Waals surface area contributed by atoms with Gasteiger partial charge in [-0.05, 0) is 55.0 Å². The average Bonchev–Trinajstić information content (AvgIpc) is 3.18. The van der Waals surface area contributed by atoms with Crippen LogP contribution < -0.4 is 10.2 Å². The maximum Gasteiger partial charge on any atom is 0.417 e. The summed E-state index contributed by atoms with van der Waals surface area (Å²) < 4.78 is 45.8. The number of carbonyl (C=O) groups excluding carboxylic acids is 1. The second-order valence-corrected chi connectivity index (χ2v) is 9.47. The number of aryl methyl sites for hydroxylation is 1. The third-order valence-electron chi connectivity index (χ3n) is 7.41. The van der Waals surface area contributed by atoms with Crippen LogP contribution in [0.2, 0.25) is 0 Å². The van der Waals surface area contributed by atoms with E-state index in [0.29, 0.717) is 38.5 Å². The van der Waals surface area contributed by atoms with Gasteiger partial charge in [-0.25, -0.2) is 4.79 Å². The van der Waals surface area contributed by atoms with Gasteiger partial charge >= 0.3 is 12.2 Å². The first-order chi connectivity index (χ1) is 16.7. The van der Waals surface area contributed by atoms with Crippen molar-refractivity contribution in [2.75, 3.05) is 50.1 Å². The van der Waals surface area contributed by atoms with Crippen molar-refractivity contribution in [3.8, 4) is 6.07 Å². The number of amides is 2. The number of nitrogens with one attached hydrogen (secondary N) is 1. The molecule has 2 aromatic carbocycles. The lowest BCUT2D eigenvalue weighted by molar-refractivity contribution is -0.137. The van der Waals surface area contributed by atoms with Crippen molar-refractivity contribution in [3.05, 3.63) is 59.2 Å². The van der Waals surface area contributed by atoms with Crippen molar-refractivity contribution < 1.29 is 22.7 Å². The molecule has 1 unspecified atom stereocenters. The summed E-state index contributed by atoms with van der Waals surface area (Å²) in [6, 6.07) is 13.0. The highest BCUT2D eigenvalue weighted by Gasteiger charge is 2.49. The van der Waals surface area contributed by atoms with E-state index in [0.717, 1.165) is 30.2 Å². The number of carbonyl (C=O) groups is 1. The predicted molar refractivity (Wildman–Crippen MR) is 127 cm³/mol. The van der Waals surface area contributed by atoms with E-state index >= 15 is 0 Å². The molecule has 2 aliphatic rings. The smallest absolute Gasteiger partial charge is 0.384 e. The molecule has 1 spiro atoms. The summed E-state index contributed by atoms with van der Waals surface area (Å²) in [5.41, 5.74) is 0.780. The molecule has 1 atom stereocenters. The predicted octanol–water partition coefficient (Wildman–Crippen LogP) is 5.28. The molecule has 2 saturated heterocycles. The summed E-state index contributed by atoms with van der Waals surface area (Å²) in [4.78, 5) is 16.8. The molecular formula is C26H29F3N4O2. The first-order valence-corrected chi connectivity index (χ1v) is 11.6. The Balaban J connectivity index is 1.48. The Morgan fingerprint density at radius 1 is 1.23 bits per heavy atom. The molecule has 186 valence electrons. The highest BCUT2D eigenvalue weighted by molar-refractivity contribution is 5.90. The molecule has 0 saturated carbocycles. The minimum atomic E-state index is -4.59.